The van der Waals surface area contributed by atoms with Crippen molar-refractivity contribution in [3.63, 3.8) is 0 Å². The van der Waals surface area contributed by atoms with Crippen LogP contribution in [0.2, 0.25) is 0 Å². The second kappa shape index (κ2) is 13.2. The van der Waals surface area contributed by atoms with Crippen molar-refractivity contribution in [2.24, 2.45) is 16.5 Å². The summed E-state index contributed by atoms with van der Waals surface area (Å²) in [6.45, 7) is 1.91. The van der Waals surface area contributed by atoms with Crippen LogP contribution in [0.5, 0.6) is 0 Å². The van der Waals surface area contributed by atoms with Crippen LogP contribution < -0.4 is 16.8 Å². The molecule has 4 aromatic carbocycles. The van der Waals surface area contributed by atoms with Gasteiger partial charge in [-0.15, -0.1) is 12.4 Å². The highest BCUT2D eigenvalue weighted by molar-refractivity contribution is 6.09. The molecular weight excluding hydrogens is 496 g/mol. The minimum atomic E-state index is -0.576. The van der Waals surface area contributed by atoms with E-state index in [4.69, 9.17) is 11.5 Å². The zero-order valence-corrected chi connectivity index (χ0v) is 22.0. The summed E-state index contributed by atoms with van der Waals surface area (Å²) in [6.07, 6.45) is 3.03. The van der Waals surface area contributed by atoms with Gasteiger partial charge in [-0.1, -0.05) is 66.7 Å². The normalized spacial score (nSPS) is 10.9. The summed E-state index contributed by atoms with van der Waals surface area (Å²) < 4.78 is 0. The van der Waals surface area contributed by atoms with Crippen LogP contribution in [0, 0.1) is 6.92 Å². The summed E-state index contributed by atoms with van der Waals surface area (Å²) in [5, 5.41) is 2.97. The molecule has 194 valence electrons. The maximum absolute atomic E-state index is 12.9. The molecule has 4 rings (SSSR count). The minimum Gasteiger partial charge on any atom is -0.383 e. The van der Waals surface area contributed by atoms with Crippen molar-refractivity contribution in [2.75, 3.05) is 5.32 Å². The van der Waals surface area contributed by atoms with Crippen LogP contribution in [-0.4, -0.2) is 17.6 Å². The Morgan fingerprint density at radius 2 is 1.37 bits per heavy atom. The van der Waals surface area contributed by atoms with Crippen LogP contribution in [0.25, 0.3) is 0 Å². The number of rotatable bonds is 9. The van der Waals surface area contributed by atoms with Crippen LogP contribution in [0.3, 0.4) is 0 Å². The molecule has 5 N–H and O–H groups in total. The summed E-state index contributed by atoms with van der Waals surface area (Å²) >= 11 is 0. The summed E-state index contributed by atoms with van der Waals surface area (Å²) in [5.41, 5.74) is 17.6. The first kappa shape index (κ1) is 28.2. The fourth-order valence-electron chi connectivity index (χ4n) is 4.09. The highest BCUT2D eigenvalue weighted by Crippen LogP contribution is 2.24. The van der Waals surface area contributed by atoms with Crippen molar-refractivity contribution >= 4 is 41.4 Å². The molecule has 0 aliphatic carbocycles. The molecule has 0 saturated heterocycles. The first-order valence-electron chi connectivity index (χ1n) is 12.2. The second-order valence-electron chi connectivity index (χ2n) is 8.90. The number of benzene rings is 4. The Balaban J connectivity index is 0.00000400. The van der Waals surface area contributed by atoms with Gasteiger partial charge in [0.05, 0.1) is 11.3 Å². The maximum Gasteiger partial charge on any atom is 0.255 e. The molecule has 0 unspecified atom stereocenters. The van der Waals surface area contributed by atoms with Gasteiger partial charge in [-0.05, 0) is 73.2 Å². The zero-order chi connectivity index (χ0) is 26.2. The van der Waals surface area contributed by atoms with Crippen LogP contribution in [0.15, 0.2) is 102 Å². The number of aliphatic imine (C=N–C) groups is 1. The standard InChI is InChI=1S/C31H30N4O2.ClH/c1-21-14-19-25(34-29(32)26-12-5-6-13-27(26)30(33)36)20-28(21)35-31(37)24-17-15-23(16-18-24)11-7-10-22-8-3-2-4-9-22;/h2-6,8-9,12-20H,7,10-11H2,1H3,(H2,32,34)(H2,33,36)(H,35,37);1H. The minimum absolute atomic E-state index is 0. The van der Waals surface area contributed by atoms with E-state index < -0.39 is 5.91 Å². The van der Waals surface area contributed by atoms with Gasteiger partial charge in [0.15, 0.2) is 0 Å². The van der Waals surface area contributed by atoms with Crippen molar-refractivity contribution in [2.45, 2.75) is 26.2 Å². The number of hydrogen-bond acceptors (Lipinski definition) is 3. The first-order chi connectivity index (χ1) is 17.9. The van der Waals surface area contributed by atoms with Gasteiger partial charge in [0.2, 0.25) is 5.91 Å². The summed E-state index contributed by atoms with van der Waals surface area (Å²) in [7, 11) is 0. The lowest BCUT2D eigenvalue weighted by atomic mass is 10.0. The van der Waals surface area contributed by atoms with Gasteiger partial charge in [0.1, 0.15) is 5.84 Å². The van der Waals surface area contributed by atoms with E-state index >= 15 is 0 Å². The largest absolute Gasteiger partial charge is 0.383 e. The monoisotopic (exact) mass is 526 g/mol. The Bertz CT molecular complexity index is 1430. The van der Waals surface area contributed by atoms with Gasteiger partial charge < -0.3 is 16.8 Å². The third-order valence-corrected chi connectivity index (χ3v) is 6.18. The molecule has 0 saturated carbocycles. The lowest BCUT2D eigenvalue weighted by Gasteiger charge is -2.11. The lowest BCUT2D eigenvalue weighted by Crippen LogP contribution is -2.21. The van der Waals surface area contributed by atoms with E-state index in [0.717, 1.165) is 24.8 Å². The van der Waals surface area contributed by atoms with Gasteiger partial charge in [-0.2, -0.15) is 0 Å². The molecule has 0 spiro atoms. The van der Waals surface area contributed by atoms with Gasteiger partial charge in [0.25, 0.3) is 5.91 Å². The molecule has 0 heterocycles. The molecule has 0 aliphatic heterocycles. The topological polar surface area (TPSA) is 111 Å². The number of primary amides is 1. The molecule has 0 radical (unpaired) electrons. The number of nitrogens with one attached hydrogen (secondary N) is 1. The SMILES string of the molecule is Cc1ccc(N=C(N)c2ccccc2C(N)=O)cc1NC(=O)c1ccc(CCCc2ccccc2)cc1.Cl. The average Bonchev–Trinajstić information content (AvgIpc) is 2.91. The predicted octanol–water partition coefficient (Wildman–Crippen LogP) is 5.98. The molecule has 0 bridgehead atoms. The molecule has 0 aromatic heterocycles. The van der Waals surface area contributed by atoms with Crippen molar-refractivity contribution in [3.05, 3.63) is 130 Å². The van der Waals surface area contributed by atoms with Crippen molar-refractivity contribution in [3.8, 4) is 0 Å². The Labute approximate surface area is 229 Å². The number of nitrogens with two attached hydrogens (primary N) is 2. The highest BCUT2D eigenvalue weighted by atomic mass is 35.5. The fourth-order valence-corrected chi connectivity index (χ4v) is 4.09. The summed E-state index contributed by atoms with van der Waals surface area (Å²) in [6, 6.07) is 30.3. The third kappa shape index (κ3) is 7.31. The predicted molar refractivity (Wildman–Crippen MR) is 157 cm³/mol. The Kier molecular flexibility index (Phi) is 9.79. The molecule has 0 aliphatic rings. The van der Waals surface area contributed by atoms with Crippen LogP contribution in [-0.2, 0) is 12.8 Å². The van der Waals surface area contributed by atoms with Gasteiger partial charge >= 0.3 is 0 Å². The number of carbonyl (C=O) groups excluding carboxylic acids is 2. The average molecular weight is 527 g/mol. The smallest absolute Gasteiger partial charge is 0.255 e. The van der Waals surface area contributed by atoms with E-state index in [-0.39, 0.29) is 24.1 Å². The Morgan fingerprint density at radius 1 is 0.763 bits per heavy atom. The first-order valence-corrected chi connectivity index (χ1v) is 12.2. The van der Waals surface area contributed by atoms with Crippen molar-refractivity contribution < 1.29 is 9.59 Å². The van der Waals surface area contributed by atoms with Gasteiger partial charge in [-0.25, -0.2) is 4.99 Å². The summed E-state index contributed by atoms with van der Waals surface area (Å²) in [4.78, 5) is 29.1. The Hall–Kier alpha value is -4.42. The van der Waals surface area contributed by atoms with E-state index in [1.54, 1.807) is 36.4 Å². The van der Waals surface area contributed by atoms with Gasteiger partial charge in [-0.3, -0.25) is 9.59 Å². The number of aryl methyl sites for hydroxylation is 3. The Morgan fingerprint density at radius 3 is 2.03 bits per heavy atom. The van der Waals surface area contributed by atoms with E-state index in [2.05, 4.69) is 34.6 Å². The molecular formula is C31H31ClN4O2. The van der Waals surface area contributed by atoms with E-state index in [1.807, 2.05) is 43.3 Å². The fraction of sp³-hybridized carbons (Fsp3) is 0.129. The number of anilines is 1. The maximum atomic E-state index is 12.9. The highest BCUT2D eigenvalue weighted by Gasteiger charge is 2.12. The second-order valence-corrected chi connectivity index (χ2v) is 8.90. The number of halogens is 1. The van der Waals surface area contributed by atoms with Crippen LogP contribution in [0.4, 0.5) is 11.4 Å². The van der Waals surface area contributed by atoms with Gasteiger partial charge in [0, 0.05) is 16.8 Å². The number of carbonyl (C=O) groups is 2. The number of amides is 2. The third-order valence-electron chi connectivity index (χ3n) is 6.18. The summed E-state index contributed by atoms with van der Waals surface area (Å²) in [5.74, 6) is -0.613. The molecule has 0 fully saturated rings. The van der Waals surface area contributed by atoms with Crippen molar-refractivity contribution in [1.82, 2.24) is 0 Å². The molecule has 6 nitrogen and oxygen atoms in total. The number of nitrogens with zero attached hydrogens (tertiary/aromatic N) is 1. The van der Waals surface area contributed by atoms with Crippen LogP contribution in [0.1, 0.15) is 49.4 Å². The quantitative estimate of drug-likeness (QED) is 0.184. The number of amidine groups is 1. The molecule has 4 aromatic rings. The van der Waals surface area contributed by atoms with E-state index in [0.29, 0.717) is 28.1 Å². The van der Waals surface area contributed by atoms with Crippen LogP contribution >= 0.6 is 12.4 Å². The van der Waals surface area contributed by atoms with E-state index in [9.17, 15) is 9.59 Å². The zero-order valence-electron chi connectivity index (χ0n) is 21.2. The molecule has 38 heavy (non-hydrogen) atoms. The number of hydrogen-bond donors (Lipinski definition) is 3. The molecule has 0 atom stereocenters. The lowest BCUT2D eigenvalue weighted by molar-refractivity contribution is 0.0997. The molecule has 7 heteroatoms. The van der Waals surface area contributed by atoms with E-state index in [1.165, 1.54) is 11.1 Å². The van der Waals surface area contributed by atoms with Crippen molar-refractivity contribution in [1.29, 1.82) is 0 Å². The molecule has 2 amide bonds.